The van der Waals surface area contributed by atoms with Crippen LogP contribution in [0.2, 0.25) is 0 Å². The van der Waals surface area contributed by atoms with E-state index in [0.717, 1.165) is 12.8 Å². The van der Waals surface area contributed by atoms with Gasteiger partial charge >= 0.3 is 6.09 Å². The second kappa shape index (κ2) is 3.77. The molecule has 0 aliphatic heterocycles. The van der Waals surface area contributed by atoms with E-state index in [1.54, 1.807) is 0 Å². The molecule has 4 heteroatoms. The Morgan fingerprint density at radius 3 is 2.29 bits per heavy atom. The van der Waals surface area contributed by atoms with Gasteiger partial charge in [0.05, 0.1) is 0 Å². The monoisotopic (exact) mass is 200 g/mol. The lowest BCUT2D eigenvalue weighted by molar-refractivity contribution is 0.0720. The first kappa shape index (κ1) is 11.3. The number of rotatable bonds is 2. The summed E-state index contributed by atoms with van der Waals surface area (Å²) < 4.78 is 0. The molecule has 0 aromatic heterocycles. The lowest BCUT2D eigenvalue weighted by atomic mass is 9.80. The third-order valence-corrected chi connectivity index (χ3v) is 2.75. The highest BCUT2D eigenvalue weighted by molar-refractivity contribution is 5.66. The maximum absolute atomic E-state index is 11.0. The first-order chi connectivity index (χ1) is 6.30. The van der Waals surface area contributed by atoms with Crippen molar-refractivity contribution in [1.29, 1.82) is 0 Å². The summed E-state index contributed by atoms with van der Waals surface area (Å²) in [6.45, 7) is 6.37. The number of nitrogens with two attached hydrogens (primary N) is 1. The maximum atomic E-state index is 11.0. The van der Waals surface area contributed by atoms with Gasteiger partial charge in [-0.2, -0.15) is 0 Å². The predicted octanol–water partition coefficient (Wildman–Crippen LogP) is 1.50. The molecule has 0 heterocycles. The summed E-state index contributed by atoms with van der Waals surface area (Å²) in [5.74, 6) is 0.459. The van der Waals surface area contributed by atoms with Crippen LogP contribution in [0, 0.1) is 5.92 Å². The van der Waals surface area contributed by atoms with Crippen molar-refractivity contribution in [2.45, 2.75) is 45.2 Å². The van der Waals surface area contributed by atoms with Crippen LogP contribution >= 0.6 is 0 Å². The van der Waals surface area contributed by atoms with Gasteiger partial charge in [-0.15, -0.1) is 0 Å². The van der Waals surface area contributed by atoms with Gasteiger partial charge in [-0.3, -0.25) is 0 Å². The number of amides is 1. The molecule has 0 aromatic rings. The Morgan fingerprint density at radius 1 is 1.50 bits per heavy atom. The Balaban J connectivity index is 2.49. The fourth-order valence-electron chi connectivity index (χ4n) is 1.83. The van der Waals surface area contributed by atoms with Gasteiger partial charge in [0.2, 0.25) is 0 Å². The van der Waals surface area contributed by atoms with Gasteiger partial charge < -0.3 is 15.7 Å². The summed E-state index contributed by atoms with van der Waals surface area (Å²) in [7, 11) is 0. The van der Waals surface area contributed by atoms with Crippen LogP contribution in [0.3, 0.4) is 0 Å². The summed E-state index contributed by atoms with van der Waals surface area (Å²) in [5, 5.41) is 9.04. The molecule has 14 heavy (non-hydrogen) atoms. The average Bonchev–Trinajstić information content (AvgIpc) is 1.92. The van der Waals surface area contributed by atoms with Crippen LogP contribution in [0.4, 0.5) is 4.79 Å². The second-order valence-electron chi connectivity index (χ2n) is 5.16. The smallest absolute Gasteiger partial charge is 0.407 e. The minimum Gasteiger partial charge on any atom is -0.465 e. The third-order valence-electron chi connectivity index (χ3n) is 2.75. The molecule has 1 rings (SSSR count). The minimum atomic E-state index is -0.835. The predicted molar refractivity (Wildman–Crippen MR) is 55.2 cm³/mol. The van der Waals surface area contributed by atoms with Crippen LogP contribution in [0.5, 0.6) is 0 Å². The van der Waals surface area contributed by atoms with Crippen molar-refractivity contribution in [1.82, 2.24) is 4.90 Å². The highest BCUT2D eigenvalue weighted by Crippen LogP contribution is 2.28. The first-order valence-electron chi connectivity index (χ1n) is 5.07. The van der Waals surface area contributed by atoms with Gasteiger partial charge in [0, 0.05) is 18.1 Å². The molecular formula is C10H20N2O2. The van der Waals surface area contributed by atoms with E-state index >= 15 is 0 Å². The SMILES string of the molecule is CC(C)(C)N(CC1CC(N)C1)C(=O)O. The Labute approximate surface area is 85.1 Å². The van der Waals surface area contributed by atoms with Gasteiger partial charge in [0.1, 0.15) is 0 Å². The molecule has 0 unspecified atom stereocenters. The Kier molecular flexibility index (Phi) is 3.04. The highest BCUT2D eigenvalue weighted by Gasteiger charge is 2.33. The average molecular weight is 200 g/mol. The van der Waals surface area contributed by atoms with E-state index in [-0.39, 0.29) is 11.6 Å². The van der Waals surface area contributed by atoms with Crippen LogP contribution in [0.1, 0.15) is 33.6 Å². The first-order valence-corrected chi connectivity index (χ1v) is 5.07. The number of carbonyl (C=O) groups is 1. The minimum absolute atomic E-state index is 0.288. The standard InChI is InChI=1S/C10H20N2O2/c1-10(2,3)12(9(13)14)6-7-4-8(11)5-7/h7-8H,4-6,11H2,1-3H3,(H,13,14). The van der Waals surface area contributed by atoms with Gasteiger partial charge in [-0.05, 0) is 39.5 Å². The van der Waals surface area contributed by atoms with Crippen molar-refractivity contribution >= 4 is 6.09 Å². The van der Waals surface area contributed by atoms with Crippen LogP contribution in [-0.4, -0.2) is 34.2 Å². The van der Waals surface area contributed by atoms with Crippen LogP contribution in [0.15, 0.2) is 0 Å². The van der Waals surface area contributed by atoms with Crippen molar-refractivity contribution in [3.05, 3.63) is 0 Å². The number of nitrogens with zero attached hydrogens (tertiary/aromatic N) is 1. The molecule has 0 bridgehead atoms. The lowest BCUT2D eigenvalue weighted by Gasteiger charge is -2.40. The second-order valence-corrected chi connectivity index (χ2v) is 5.16. The number of carboxylic acid groups (broad SMARTS) is 1. The van der Waals surface area contributed by atoms with Crippen molar-refractivity contribution < 1.29 is 9.90 Å². The van der Waals surface area contributed by atoms with Gasteiger partial charge in [0.25, 0.3) is 0 Å². The van der Waals surface area contributed by atoms with E-state index in [2.05, 4.69) is 0 Å². The Hall–Kier alpha value is -0.770. The van der Waals surface area contributed by atoms with E-state index in [1.807, 2.05) is 20.8 Å². The summed E-state index contributed by atoms with van der Waals surface area (Å²) in [5.41, 5.74) is 5.35. The summed E-state index contributed by atoms with van der Waals surface area (Å²) >= 11 is 0. The van der Waals surface area contributed by atoms with Crippen LogP contribution in [0.25, 0.3) is 0 Å². The van der Waals surface area contributed by atoms with E-state index in [1.165, 1.54) is 4.90 Å². The van der Waals surface area contributed by atoms with Gasteiger partial charge in [-0.1, -0.05) is 0 Å². The van der Waals surface area contributed by atoms with Gasteiger partial charge in [0.15, 0.2) is 0 Å². The molecular weight excluding hydrogens is 180 g/mol. The van der Waals surface area contributed by atoms with Crippen molar-refractivity contribution in [3.8, 4) is 0 Å². The summed E-state index contributed by atoms with van der Waals surface area (Å²) in [6, 6.07) is 0.288. The van der Waals surface area contributed by atoms with Crippen molar-refractivity contribution in [3.63, 3.8) is 0 Å². The highest BCUT2D eigenvalue weighted by atomic mass is 16.4. The molecule has 0 saturated heterocycles. The lowest BCUT2D eigenvalue weighted by Crippen LogP contribution is -2.51. The zero-order valence-electron chi connectivity index (χ0n) is 9.16. The number of hydrogen-bond donors (Lipinski definition) is 2. The van der Waals surface area contributed by atoms with Crippen LogP contribution < -0.4 is 5.73 Å². The molecule has 1 amide bonds. The summed E-state index contributed by atoms with van der Waals surface area (Å²) in [6.07, 6.45) is 1.08. The van der Waals surface area contributed by atoms with Crippen molar-refractivity contribution in [2.24, 2.45) is 11.7 Å². The third kappa shape index (κ3) is 2.61. The topological polar surface area (TPSA) is 66.6 Å². The maximum Gasteiger partial charge on any atom is 0.407 e. The molecule has 0 atom stereocenters. The molecule has 1 saturated carbocycles. The Morgan fingerprint density at radius 2 is 2.00 bits per heavy atom. The Bertz CT molecular complexity index is 217. The molecule has 4 nitrogen and oxygen atoms in total. The molecule has 0 spiro atoms. The molecule has 1 fully saturated rings. The van der Waals surface area contributed by atoms with E-state index in [4.69, 9.17) is 10.8 Å². The molecule has 0 aromatic carbocycles. The zero-order valence-corrected chi connectivity index (χ0v) is 9.16. The normalized spacial score (nSPS) is 26.9. The zero-order chi connectivity index (χ0) is 10.9. The molecule has 1 aliphatic rings. The largest absolute Gasteiger partial charge is 0.465 e. The van der Waals surface area contributed by atoms with E-state index in [0.29, 0.717) is 12.5 Å². The van der Waals surface area contributed by atoms with Gasteiger partial charge in [-0.25, -0.2) is 4.79 Å². The molecule has 0 radical (unpaired) electrons. The molecule has 82 valence electrons. The fourth-order valence-corrected chi connectivity index (χ4v) is 1.83. The van der Waals surface area contributed by atoms with E-state index < -0.39 is 6.09 Å². The van der Waals surface area contributed by atoms with Crippen LogP contribution in [-0.2, 0) is 0 Å². The van der Waals surface area contributed by atoms with Crippen molar-refractivity contribution in [2.75, 3.05) is 6.54 Å². The quantitative estimate of drug-likeness (QED) is 0.710. The fraction of sp³-hybridized carbons (Fsp3) is 0.900. The summed E-state index contributed by atoms with van der Waals surface area (Å²) in [4.78, 5) is 12.5. The number of hydrogen-bond acceptors (Lipinski definition) is 2. The molecule has 3 N–H and O–H groups in total. The van der Waals surface area contributed by atoms with E-state index in [9.17, 15) is 4.79 Å². The molecule has 1 aliphatic carbocycles.